The maximum Gasteiger partial charge on any atom is 0.193 e. The van der Waals surface area contributed by atoms with Crippen LogP contribution in [0.4, 0.5) is 5.69 Å². The van der Waals surface area contributed by atoms with Crippen molar-refractivity contribution in [2.75, 3.05) is 11.9 Å². The Morgan fingerprint density at radius 2 is 1.64 bits per heavy atom. The molecule has 2 aromatic rings. The first-order valence-corrected chi connectivity index (χ1v) is 7.24. The minimum absolute atomic E-state index is 0. The predicted octanol–water partition coefficient (Wildman–Crippen LogP) is 4.20. The van der Waals surface area contributed by atoms with Crippen LogP contribution in [0.5, 0.6) is 0 Å². The molecule has 0 aromatic heterocycles. The molecule has 0 heterocycles. The Hall–Kier alpha value is -1.56. The molecule has 3 nitrogen and oxygen atoms in total. The number of rotatable bonds is 4. The molecular weight excluding hydrogens is 385 g/mol. The molecule has 2 aromatic carbocycles. The number of aryl methyl sites for hydroxylation is 3. The zero-order valence-corrected chi connectivity index (χ0v) is 15.7. The normalized spacial score (nSPS) is 11.0. The molecule has 2 rings (SSSR count). The molecule has 3 N–H and O–H groups in total. The molecule has 0 aliphatic rings. The fourth-order valence-corrected chi connectivity index (χ4v) is 2.25. The SMILES string of the molecule is Cc1ccc(NC(N)=NCCc2ccc(C)cc2C)cc1.I. The number of nitrogens with zero attached hydrogens (tertiary/aromatic N) is 1. The van der Waals surface area contributed by atoms with Crippen LogP contribution >= 0.6 is 24.0 Å². The molecule has 4 heteroatoms. The van der Waals surface area contributed by atoms with Crippen LogP contribution in [-0.4, -0.2) is 12.5 Å². The average molecular weight is 409 g/mol. The van der Waals surface area contributed by atoms with E-state index in [1.807, 2.05) is 24.3 Å². The molecule has 0 aliphatic heterocycles. The highest BCUT2D eigenvalue weighted by molar-refractivity contribution is 14.0. The van der Waals surface area contributed by atoms with Gasteiger partial charge in [-0.3, -0.25) is 4.99 Å². The predicted molar refractivity (Wildman–Crippen MR) is 106 cm³/mol. The summed E-state index contributed by atoms with van der Waals surface area (Å²) in [6.45, 7) is 7.00. The lowest BCUT2D eigenvalue weighted by molar-refractivity contribution is 0.953. The van der Waals surface area contributed by atoms with Crippen LogP contribution in [0.3, 0.4) is 0 Å². The van der Waals surface area contributed by atoms with Gasteiger partial charge < -0.3 is 11.1 Å². The average Bonchev–Trinajstić information content (AvgIpc) is 2.44. The number of nitrogens with two attached hydrogens (primary N) is 1. The van der Waals surface area contributed by atoms with Crippen molar-refractivity contribution < 1.29 is 0 Å². The quantitative estimate of drug-likeness (QED) is 0.452. The number of anilines is 1. The van der Waals surface area contributed by atoms with Crippen molar-refractivity contribution in [3.8, 4) is 0 Å². The highest BCUT2D eigenvalue weighted by atomic mass is 127. The summed E-state index contributed by atoms with van der Waals surface area (Å²) >= 11 is 0. The van der Waals surface area contributed by atoms with Gasteiger partial charge in [0.1, 0.15) is 0 Å². The fourth-order valence-electron chi connectivity index (χ4n) is 2.25. The largest absolute Gasteiger partial charge is 0.370 e. The minimum atomic E-state index is 0. The standard InChI is InChI=1S/C18H23N3.HI/c1-13-5-8-17(9-6-13)21-18(19)20-11-10-16-7-4-14(2)12-15(16)3;/h4-9,12H,10-11H2,1-3H3,(H3,19,20,21);1H. The van der Waals surface area contributed by atoms with E-state index in [4.69, 9.17) is 5.73 Å². The monoisotopic (exact) mass is 409 g/mol. The van der Waals surface area contributed by atoms with Crippen LogP contribution in [0.1, 0.15) is 22.3 Å². The van der Waals surface area contributed by atoms with E-state index in [1.54, 1.807) is 0 Å². The highest BCUT2D eigenvalue weighted by Gasteiger charge is 1.99. The third-order valence-electron chi connectivity index (χ3n) is 3.49. The van der Waals surface area contributed by atoms with Crippen molar-refractivity contribution in [1.29, 1.82) is 0 Å². The Labute approximate surface area is 150 Å². The fraction of sp³-hybridized carbons (Fsp3) is 0.278. The summed E-state index contributed by atoms with van der Waals surface area (Å²) in [4.78, 5) is 4.38. The van der Waals surface area contributed by atoms with E-state index in [0.29, 0.717) is 12.5 Å². The molecule has 0 unspecified atom stereocenters. The number of aliphatic imine (C=N–C) groups is 1. The lowest BCUT2D eigenvalue weighted by atomic mass is 10.0. The third-order valence-corrected chi connectivity index (χ3v) is 3.49. The Kier molecular flexibility index (Phi) is 7.38. The molecule has 0 atom stereocenters. The zero-order chi connectivity index (χ0) is 15.2. The van der Waals surface area contributed by atoms with E-state index in [1.165, 1.54) is 22.3 Å². The van der Waals surface area contributed by atoms with Gasteiger partial charge in [-0.2, -0.15) is 0 Å². The first-order valence-electron chi connectivity index (χ1n) is 7.24. The van der Waals surface area contributed by atoms with Gasteiger partial charge in [-0.25, -0.2) is 0 Å². The second-order valence-electron chi connectivity index (χ2n) is 5.44. The van der Waals surface area contributed by atoms with E-state index in [2.05, 4.69) is 49.3 Å². The summed E-state index contributed by atoms with van der Waals surface area (Å²) < 4.78 is 0. The summed E-state index contributed by atoms with van der Waals surface area (Å²) in [7, 11) is 0. The van der Waals surface area contributed by atoms with Crippen molar-refractivity contribution in [2.24, 2.45) is 10.7 Å². The van der Waals surface area contributed by atoms with Gasteiger partial charge in [-0.05, 0) is 50.5 Å². The number of halogens is 1. The smallest absolute Gasteiger partial charge is 0.193 e. The van der Waals surface area contributed by atoms with Gasteiger partial charge in [-0.15, -0.1) is 24.0 Å². The lowest BCUT2D eigenvalue weighted by Gasteiger charge is -2.07. The topological polar surface area (TPSA) is 50.4 Å². The molecular formula is C18H24IN3. The van der Waals surface area contributed by atoms with E-state index in [0.717, 1.165) is 12.1 Å². The van der Waals surface area contributed by atoms with Gasteiger partial charge in [0.25, 0.3) is 0 Å². The first kappa shape index (κ1) is 18.5. The molecule has 0 spiro atoms. The van der Waals surface area contributed by atoms with Crippen molar-refractivity contribution in [3.05, 3.63) is 64.7 Å². The maximum atomic E-state index is 5.91. The number of nitrogens with one attached hydrogen (secondary N) is 1. The number of hydrogen-bond acceptors (Lipinski definition) is 1. The Morgan fingerprint density at radius 1 is 1.00 bits per heavy atom. The van der Waals surface area contributed by atoms with Crippen LogP contribution in [0.15, 0.2) is 47.5 Å². The lowest BCUT2D eigenvalue weighted by Crippen LogP contribution is -2.23. The van der Waals surface area contributed by atoms with E-state index in [9.17, 15) is 0 Å². The van der Waals surface area contributed by atoms with E-state index >= 15 is 0 Å². The summed E-state index contributed by atoms with van der Waals surface area (Å²) in [5, 5.41) is 3.11. The van der Waals surface area contributed by atoms with Crippen LogP contribution in [0.25, 0.3) is 0 Å². The van der Waals surface area contributed by atoms with Crippen molar-refractivity contribution >= 4 is 35.6 Å². The van der Waals surface area contributed by atoms with Crippen LogP contribution in [-0.2, 0) is 6.42 Å². The maximum absolute atomic E-state index is 5.91. The van der Waals surface area contributed by atoms with Crippen molar-refractivity contribution in [2.45, 2.75) is 27.2 Å². The Bertz CT molecular complexity index is 633. The molecule has 0 saturated carbocycles. The van der Waals surface area contributed by atoms with Gasteiger partial charge in [-0.1, -0.05) is 41.5 Å². The second kappa shape index (κ2) is 8.78. The van der Waals surface area contributed by atoms with Crippen LogP contribution < -0.4 is 11.1 Å². The van der Waals surface area contributed by atoms with Gasteiger partial charge in [0.2, 0.25) is 0 Å². The van der Waals surface area contributed by atoms with E-state index in [-0.39, 0.29) is 24.0 Å². The second-order valence-corrected chi connectivity index (χ2v) is 5.44. The highest BCUT2D eigenvalue weighted by Crippen LogP contribution is 2.11. The van der Waals surface area contributed by atoms with Crippen molar-refractivity contribution in [1.82, 2.24) is 0 Å². The summed E-state index contributed by atoms with van der Waals surface area (Å²) in [6.07, 6.45) is 0.905. The van der Waals surface area contributed by atoms with Gasteiger partial charge in [0, 0.05) is 12.2 Å². The molecule has 118 valence electrons. The van der Waals surface area contributed by atoms with Gasteiger partial charge >= 0.3 is 0 Å². The molecule has 0 amide bonds. The number of benzene rings is 2. The molecule has 0 aliphatic carbocycles. The minimum Gasteiger partial charge on any atom is -0.370 e. The van der Waals surface area contributed by atoms with E-state index < -0.39 is 0 Å². The van der Waals surface area contributed by atoms with Crippen molar-refractivity contribution in [3.63, 3.8) is 0 Å². The van der Waals surface area contributed by atoms with Crippen LogP contribution in [0, 0.1) is 20.8 Å². The molecule has 0 bridgehead atoms. The summed E-state index contributed by atoms with van der Waals surface area (Å²) in [5.74, 6) is 0.462. The summed E-state index contributed by atoms with van der Waals surface area (Å²) in [6, 6.07) is 14.6. The van der Waals surface area contributed by atoms with Gasteiger partial charge in [0.05, 0.1) is 0 Å². The molecule has 0 fully saturated rings. The number of hydrogen-bond donors (Lipinski definition) is 2. The Balaban J connectivity index is 0.00000242. The molecule has 0 radical (unpaired) electrons. The molecule has 0 saturated heterocycles. The number of guanidine groups is 1. The zero-order valence-electron chi connectivity index (χ0n) is 13.4. The molecule has 22 heavy (non-hydrogen) atoms. The van der Waals surface area contributed by atoms with Crippen LogP contribution in [0.2, 0.25) is 0 Å². The first-order chi connectivity index (χ1) is 10.0. The van der Waals surface area contributed by atoms with Gasteiger partial charge in [0.15, 0.2) is 5.96 Å². The Morgan fingerprint density at radius 3 is 2.27 bits per heavy atom. The summed E-state index contributed by atoms with van der Waals surface area (Å²) in [5.41, 5.74) is 12.0. The third kappa shape index (κ3) is 5.67.